The molecular weight excluding hydrogens is 268 g/mol. The van der Waals surface area contributed by atoms with Crippen molar-refractivity contribution in [2.24, 2.45) is 0 Å². The number of nitrogens with zero attached hydrogens (tertiary/aromatic N) is 2. The molecule has 1 heterocycles. The zero-order valence-corrected chi connectivity index (χ0v) is 13.0. The maximum Gasteiger partial charge on any atom is 0.187 e. The molecule has 2 aromatic rings. The lowest BCUT2D eigenvalue weighted by Gasteiger charge is -2.12. The monoisotopic (exact) mass is 288 g/mol. The molecule has 0 amide bonds. The third kappa shape index (κ3) is 4.23. The molecule has 0 fully saturated rings. The van der Waals surface area contributed by atoms with Crippen LogP contribution >= 0.6 is 11.8 Å². The zero-order valence-electron chi connectivity index (χ0n) is 12.2. The van der Waals surface area contributed by atoms with E-state index in [1.54, 1.807) is 24.2 Å². The molecule has 0 spiro atoms. The lowest BCUT2D eigenvalue weighted by atomic mass is 10.1. The molecular formula is C16H20N2OS. The van der Waals surface area contributed by atoms with Gasteiger partial charge in [0.15, 0.2) is 5.16 Å². The van der Waals surface area contributed by atoms with Gasteiger partial charge >= 0.3 is 0 Å². The molecule has 106 valence electrons. The summed E-state index contributed by atoms with van der Waals surface area (Å²) in [6.45, 7) is 7.04. The molecule has 0 saturated heterocycles. The standard InChI is InChI=1S/C16H20N2OS/c1-12-10-13(2)15(14(3)11-12)19-8-5-9-20-16-17-6-4-7-18-16/h4,6-7,10-11H,5,8-9H2,1-3H3. The number of hydrogen-bond donors (Lipinski definition) is 0. The number of benzene rings is 1. The SMILES string of the molecule is Cc1cc(C)c(OCCCSc2ncccn2)c(C)c1. The summed E-state index contributed by atoms with van der Waals surface area (Å²) in [5, 5.41) is 0.829. The van der Waals surface area contributed by atoms with Crippen LogP contribution < -0.4 is 4.74 Å². The Balaban J connectivity index is 1.76. The van der Waals surface area contributed by atoms with Crippen molar-refractivity contribution in [1.29, 1.82) is 0 Å². The molecule has 0 atom stereocenters. The van der Waals surface area contributed by atoms with Crippen molar-refractivity contribution < 1.29 is 4.74 Å². The van der Waals surface area contributed by atoms with E-state index in [1.807, 2.05) is 6.07 Å². The molecule has 0 N–H and O–H groups in total. The van der Waals surface area contributed by atoms with Crippen LogP contribution in [0.1, 0.15) is 23.1 Å². The van der Waals surface area contributed by atoms with E-state index in [4.69, 9.17) is 4.74 Å². The van der Waals surface area contributed by atoms with E-state index >= 15 is 0 Å². The van der Waals surface area contributed by atoms with Gasteiger partial charge in [0.05, 0.1) is 6.61 Å². The Morgan fingerprint density at radius 3 is 2.35 bits per heavy atom. The quantitative estimate of drug-likeness (QED) is 0.458. The third-order valence-electron chi connectivity index (χ3n) is 2.91. The number of ether oxygens (including phenoxy) is 1. The highest BCUT2D eigenvalue weighted by Gasteiger charge is 2.05. The molecule has 0 aliphatic carbocycles. The van der Waals surface area contributed by atoms with Gasteiger partial charge < -0.3 is 4.74 Å². The van der Waals surface area contributed by atoms with Crippen molar-refractivity contribution in [3.05, 3.63) is 47.3 Å². The Labute approximate surface area is 124 Å². The second kappa shape index (κ2) is 7.29. The Morgan fingerprint density at radius 2 is 1.70 bits per heavy atom. The first-order valence-electron chi connectivity index (χ1n) is 6.77. The van der Waals surface area contributed by atoms with Gasteiger partial charge in [0, 0.05) is 18.1 Å². The topological polar surface area (TPSA) is 35.0 Å². The minimum absolute atomic E-state index is 0.727. The number of rotatable bonds is 6. The third-order valence-corrected chi connectivity index (χ3v) is 3.87. The van der Waals surface area contributed by atoms with Crippen molar-refractivity contribution in [2.45, 2.75) is 32.3 Å². The first kappa shape index (κ1) is 14.9. The van der Waals surface area contributed by atoms with E-state index in [-0.39, 0.29) is 0 Å². The van der Waals surface area contributed by atoms with E-state index in [1.165, 1.54) is 16.7 Å². The van der Waals surface area contributed by atoms with Crippen LogP contribution in [0.3, 0.4) is 0 Å². The molecule has 4 heteroatoms. The number of aryl methyl sites for hydroxylation is 3. The summed E-state index contributed by atoms with van der Waals surface area (Å²) in [6.07, 6.45) is 4.52. The summed E-state index contributed by atoms with van der Waals surface area (Å²) >= 11 is 1.66. The molecule has 0 aliphatic rings. The molecule has 2 rings (SSSR count). The summed E-state index contributed by atoms with van der Waals surface area (Å²) in [5.41, 5.74) is 3.70. The van der Waals surface area contributed by atoms with Crippen LogP contribution in [0, 0.1) is 20.8 Å². The molecule has 0 radical (unpaired) electrons. The average Bonchev–Trinajstić information content (AvgIpc) is 2.42. The highest BCUT2D eigenvalue weighted by molar-refractivity contribution is 7.99. The molecule has 1 aromatic heterocycles. The van der Waals surface area contributed by atoms with Gasteiger partial charge in [-0.3, -0.25) is 0 Å². The van der Waals surface area contributed by atoms with Crippen LogP contribution in [0.4, 0.5) is 0 Å². The first-order valence-corrected chi connectivity index (χ1v) is 7.76. The van der Waals surface area contributed by atoms with Crippen molar-refractivity contribution in [1.82, 2.24) is 9.97 Å². The van der Waals surface area contributed by atoms with E-state index in [9.17, 15) is 0 Å². The predicted octanol–water partition coefficient (Wildman–Crippen LogP) is 3.96. The molecule has 3 nitrogen and oxygen atoms in total. The second-order valence-corrected chi connectivity index (χ2v) is 5.87. The molecule has 1 aromatic carbocycles. The fourth-order valence-electron chi connectivity index (χ4n) is 2.15. The van der Waals surface area contributed by atoms with Crippen LogP contribution in [-0.2, 0) is 0 Å². The van der Waals surface area contributed by atoms with E-state index in [2.05, 4.69) is 42.9 Å². The minimum Gasteiger partial charge on any atom is -0.493 e. The fraction of sp³-hybridized carbons (Fsp3) is 0.375. The van der Waals surface area contributed by atoms with Gasteiger partial charge in [-0.15, -0.1) is 0 Å². The average molecular weight is 288 g/mol. The Kier molecular flexibility index (Phi) is 5.41. The summed E-state index contributed by atoms with van der Waals surface area (Å²) < 4.78 is 5.91. The number of hydrogen-bond acceptors (Lipinski definition) is 4. The Hall–Kier alpha value is -1.55. The molecule has 0 saturated carbocycles. The predicted molar refractivity (Wildman–Crippen MR) is 83.5 cm³/mol. The summed E-state index contributed by atoms with van der Waals surface area (Å²) in [4.78, 5) is 8.37. The highest BCUT2D eigenvalue weighted by Crippen LogP contribution is 2.24. The number of thioether (sulfide) groups is 1. The minimum atomic E-state index is 0.727. The van der Waals surface area contributed by atoms with E-state index in [0.29, 0.717) is 0 Å². The van der Waals surface area contributed by atoms with Gasteiger partial charge in [-0.25, -0.2) is 9.97 Å². The van der Waals surface area contributed by atoms with Crippen LogP contribution in [0.5, 0.6) is 5.75 Å². The molecule has 20 heavy (non-hydrogen) atoms. The normalized spacial score (nSPS) is 10.6. The van der Waals surface area contributed by atoms with Gasteiger partial charge in [-0.2, -0.15) is 0 Å². The molecule has 0 bridgehead atoms. The van der Waals surface area contributed by atoms with Gasteiger partial charge in [-0.05, 0) is 44.4 Å². The first-order chi connectivity index (χ1) is 9.66. The lowest BCUT2D eigenvalue weighted by Crippen LogP contribution is -2.02. The van der Waals surface area contributed by atoms with Gasteiger partial charge in [0.25, 0.3) is 0 Å². The highest BCUT2D eigenvalue weighted by atomic mass is 32.2. The van der Waals surface area contributed by atoms with Gasteiger partial charge in [0.2, 0.25) is 0 Å². The van der Waals surface area contributed by atoms with Crippen molar-refractivity contribution in [3.8, 4) is 5.75 Å². The molecule has 0 aliphatic heterocycles. The van der Waals surface area contributed by atoms with Crippen molar-refractivity contribution in [2.75, 3.05) is 12.4 Å². The summed E-state index contributed by atoms with van der Waals surface area (Å²) in [6, 6.07) is 6.15. The molecule has 0 unspecified atom stereocenters. The van der Waals surface area contributed by atoms with Gasteiger partial charge in [0.1, 0.15) is 5.75 Å². The lowest BCUT2D eigenvalue weighted by molar-refractivity contribution is 0.314. The Bertz CT molecular complexity index is 535. The van der Waals surface area contributed by atoms with Gasteiger partial charge in [-0.1, -0.05) is 29.5 Å². The smallest absolute Gasteiger partial charge is 0.187 e. The summed E-state index contributed by atoms with van der Waals surface area (Å²) in [5.74, 6) is 1.99. The second-order valence-electron chi connectivity index (χ2n) is 4.81. The van der Waals surface area contributed by atoms with E-state index in [0.717, 1.165) is 29.7 Å². The van der Waals surface area contributed by atoms with Crippen LogP contribution in [0.15, 0.2) is 35.7 Å². The fourth-order valence-corrected chi connectivity index (χ4v) is 2.87. The van der Waals surface area contributed by atoms with Crippen molar-refractivity contribution >= 4 is 11.8 Å². The number of aromatic nitrogens is 2. The maximum absolute atomic E-state index is 5.91. The van der Waals surface area contributed by atoms with Crippen LogP contribution in [-0.4, -0.2) is 22.3 Å². The van der Waals surface area contributed by atoms with Crippen LogP contribution in [0.25, 0.3) is 0 Å². The van der Waals surface area contributed by atoms with Crippen LogP contribution in [0.2, 0.25) is 0 Å². The largest absolute Gasteiger partial charge is 0.493 e. The van der Waals surface area contributed by atoms with E-state index < -0.39 is 0 Å². The van der Waals surface area contributed by atoms with Crippen molar-refractivity contribution in [3.63, 3.8) is 0 Å². The summed E-state index contributed by atoms with van der Waals surface area (Å²) in [7, 11) is 0. The Morgan fingerprint density at radius 1 is 1.05 bits per heavy atom. The maximum atomic E-state index is 5.91. The zero-order chi connectivity index (χ0) is 14.4.